The maximum absolute atomic E-state index is 11.9. The van der Waals surface area contributed by atoms with Crippen LogP contribution in [0.5, 0.6) is 0 Å². The number of aromatic amines is 1. The Morgan fingerprint density at radius 3 is 3.15 bits per heavy atom. The van der Waals surface area contributed by atoms with E-state index in [1.165, 1.54) is 0 Å². The molecule has 0 aromatic carbocycles. The first-order valence-electron chi connectivity index (χ1n) is 6.32. The lowest BCUT2D eigenvalue weighted by atomic mass is 10.1. The van der Waals surface area contributed by atoms with Crippen molar-refractivity contribution in [3.05, 3.63) is 50.7 Å². The van der Waals surface area contributed by atoms with Crippen molar-refractivity contribution < 1.29 is 0 Å². The summed E-state index contributed by atoms with van der Waals surface area (Å²) in [5.74, 6) is 0.178. The average molecular weight is 292 g/mol. The molecule has 0 radical (unpaired) electrons. The Balaban J connectivity index is 1.83. The lowest BCUT2D eigenvalue weighted by molar-refractivity contribution is 0.241. The maximum atomic E-state index is 11.9. The number of aromatic nitrogens is 3. The zero-order valence-electron chi connectivity index (χ0n) is 10.8. The van der Waals surface area contributed by atoms with Crippen LogP contribution in [0.1, 0.15) is 16.8 Å². The molecule has 2 aromatic heterocycles. The van der Waals surface area contributed by atoms with Crippen LogP contribution in [0.25, 0.3) is 0 Å². The first-order chi connectivity index (χ1) is 9.63. The molecule has 3 heterocycles. The van der Waals surface area contributed by atoms with E-state index >= 15 is 0 Å². The fraction of sp³-hybridized carbons (Fsp3) is 0.308. The summed E-state index contributed by atoms with van der Waals surface area (Å²) >= 11 is 6.13. The highest BCUT2D eigenvalue weighted by molar-refractivity contribution is 6.31. The topological polar surface area (TPSA) is 87.9 Å². The number of hydrogen-bond acceptors (Lipinski definition) is 5. The summed E-state index contributed by atoms with van der Waals surface area (Å²) in [6.45, 7) is 2.02. The quantitative estimate of drug-likeness (QED) is 0.860. The van der Waals surface area contributed by atoms with Gasteiger partial charge in [-0.1, -0.05) is 11.6 Å². The molecule has 104 valence electrons. The Morgan fingerprint density at radius 1 is 1.50 bits per heavy atom. The number of rotatable bonds is 2. The number of nitrogens with two attached hydrogens (primary N) is 1. The van der Waals surface area contributed by atoms with Crippen molar-refractivity contribution in [1.29, 1.82) is 0 Å². The van der Waals surface area contributed by atoms with Gasteiger partial charge < -0.3 is 5.73 Å². The van der Waals surface area contributed by atoms with Gasteiger partial charge in [0.2, 0.25) is 5.95 Å². The van der Waals surface area contributed by atoms with Gasteiger partial charge in [0, 0.05) is 49.0 Å². The van der Waals surface area contributed by atoms with Gasteiger partial charge in [0.15, 0.2) is 0 Å². The highest BCUT2D eigenvalue weighted by Gasteiger charge is 2.21. The van der Waals surface area contributed by atoms with Gasteiger partial charge in [-0.3, -0.25) is 19.7 Å². The molecule has 0 amide bonds. The largest absolute Gasteiger partial charge is 0.369 e. The molecule has 0 saturated carbocycles. The second-order valence-electron chi connectivity index (χ2n) is 4.80. The molecule has 1 aliphatic heterocycles. The lowest BCUT2D eigenvalue weighted by Gasteiger charge is -2.27. The van der Waals surface area contributed by atoms with Crippen LogP contribution in [0.4, 0.5) is 5.95 Å². The van der Waals surface area contributed by atoms with Gasteiger partial charge in [0.25, 0.3) is 5.56 Å². The molecule has 0 bridgehead atoms. The van der Waals surface area contributed by atoms with Crippen molar-refractivity contribution in [3.63, 3.8) is 0 Å². The number of hydrogen-bond donors (Lipinski definition) is 2. The number of nitrogens with one attached hydrogen (secondary N) is 1. The van der Waals surface area contributed by atoms with Crippen molar-refractivity contribution in [2.24, 2.45) is 0 Å². The zero-order chi connectivity index (χ0) is 14.1. The lowest BCUT2D eigenvalue weighted by Crippen LogP contribution is -2.35. The van der Waals surface area contributed by atoms with Crippen LogP contribution >= 0.6 is 11.6 Å². The van der Waals surface area contributed by atoms with E-state index in [2.05, 4.69) is 19.9 Å². The first-order valence-corrected chi connectivity index (χ1v) is 6.69. The van der Waals surface area contributed by atoms with Gasteiger partial charge in [-0.2, -0.15) is 0 Å². The normalized spacial score (nSPS) is 15.1. The third kappa shape index (κ3) is 2.52. The monoisotopic (exact) mass is 291 g/mol. The molecule has 1 aliphatic rings. The summed E-state index contributed by atoms with van der Waals surface area (Å²) in [5, 5.41) is 0.690. The fourth-order valence-electron chi connectivity index (χ4n) is 2.40. The van der Waals surface area contributed by atoms with E-state index in [1.807, 2.05) is 0 Å². The van der Waals surface area contributed by atoms with E-state index in [9.17, 15) is 4.79 Å². The Labute approximate surface area is 120 Å². The van der Waals surface area contributed by atoms with Crippen molar-refractivity contribution >= 4 is 17.5 Å². The third-order valence-electron chi connectivity index (χ3n) is 3.40. The molecule has 6 nitrogen and oxygen atoms in total. The van der Waals surface area contributed by atoms with Crippen LogP contribution < -0.4 is 11.3 Å². The van der Waals surface area contributed by atoms with Crippen LogP contribution in [0.2, 0.25) is 5.02 Å². The van der Waals surface area contributed by atoms with E-state index in [-0.39, 0.29) is 11.5 Å². The third-order valence-corrected chi connectivity index (χ3v) is 3.77. The molecule has 3 rings (SSSR count). The molecule has 0 atom stereocenters. The van der Waals surface area contributed by atoms with Crippen molar-refractivity contribution in [2.75, 3.05) is 12.3 Å². The smallest absolute Gasteiger partial charge is 0.257 e. The summed E-state index contributed by atoms with van der Waals surface area (Å²) in [5.41, 5.74) is 7.83. The standard InChI is InChI=1S/C13H14ClN5O/c14-10-1-3-16-5-8(10)6-19-4-2-11-9(7-19)12(20)18-13(15)17-11/h1,3,5H,2,4,6-7H2,(H3,15,17,18,20). The SMILES string of the molecule is Nc1nc2c(c(=O)[nH]1)CN(Cc1cnccc1Cl)CC2. The van der Waals surface area contributed by atoms with Gasteiger partial charge in [0.05, 0.1) is 11.3 Å². The number of nitrogen functional groups attached to an aromatic ring is 1. The molecule has 0 aliphatic carbocycles. The molecule has 2 aromatic rings. The van der Waals surface area contributed by atoms with E-state index in [4.69, 9.17) is 17.3 Å². The highest BCUT2D eigenvalue weighted by Crippen LogP contribution is 2.20. The number of fused-ring (bicyclic) bond motifs is 1. The van der Waals surface area contributed by atoms with Gasteiger partial charge in [-0.05, 0) is 6.07 Å². The predicted molar refractivity (Wildman–Crippen MR) is 76.3 cm³/mol. The molecule has 7 heteroatoms. The van der Waals surface area contributed by atoms with E-state index in [0.717, 1.165) is 17.8 Å². The predicted octanol–water partition coefficient (Wildman–Crippen LogP) is 0.959. The maximum Gasteiger partial charge on any atom is 0.257 e. The van der Waals surface area contributed by atoms with Crippen molar-refractivity contribution in [3.8, 4) is 0 Å². The summed E-state index contributed by atoms with van der Waals surface area (Å²) in [4.78, 5) is 24.9. The van der Waals surface area contributed by atoms with Crippen LogP contribution in [0.3, 0.4) is 0 Å². The van der Waals surface area contributed by atoms with Gasteiger partial charge >= 0.3 is 0 Å². The average Bonchev–Trinajstić information content (AvgIpc) is 2.42. The number of H-pyrrole nitrogens is 1. The summed E-state index contributed by atoms with van der Waals surface area (Å²) in [7, 11) is 0. The number of nitrogens with zero attached hydrogens (tertiary/aromatic N) is 3. The number of anilines is 1. The molecule has 0 unspecified atom stereocenters. The minimum absolute atomic E-state index is 0.158. The second kappa shape index (κ2) is 5.22. The van der Waals surface area contributed by atoms with E-state index in [1.54, 1.807) is 18.5 Å². The van der Waals surface area contributed by atoms with Crippen molar-refractivity contribution in [1.82, 2.24) is 19.9 Å². The Kier molecular flexibility index (Phi) is 3.42. The number of halogens is 1. The summed E-state index contributed by atoms with van der Waals surface area (Å²) in [6, 6.07) is 1.77. The van der Waals surface area contributed by atoms with Crippen LogP contribution in [0.15, 0.2) is 23.3 Å². The molecule has 0 fully saturated rings. The molecule has 20 heavy (non-hydrogen) atoms. The van der Waals surface area contributed by atoms with E-state index in [0.29, 0.717) is 30.1 Å². The summed E-state index contributed by atoms with van der Waals surface area (Å²) < 4.78 is 0. The van der Waals surface area contributed by atoms with Crippen LogP contribution in [-0.2, 0) is 19.5 Å². The van der Waals surface area contributed by atoms with Crippen molar-refractivity contribution in [2.45, 2.75) is 19.5 Å². The summed E-state index contributed by atoms with van der Waals surface area (Å²) in [6.07, 6.45) is 4.12. The first kappa shape index (κ1) is 13.1. The van der Waals surface area contributed by atoms with Gasteiger partial charge in [-0.15, -0.1) is 0 Å². The minimum atomic E-state index is -0.158. The Bertz CT molecular complexity index is 699. The molecule has 0 saturated heterocycles. The minimum Gasteiger partial charge on any atom is -0.369 e. The zero-order valence-corrected chi connectivity index (χ0v) is 11.5. The van der Waals surface area contributed by atoms with E-state index < -0.39 is 0 Å². The Morgan fingerprint density at radius 2 is 2.35 bits per heavy atom. The highest BCUT2D eigenvalue weighted by atomic mass is 35.5. The Hall–Kier alpha value is -1.92. The second-order valence-corrected chi connectivity index (χ2v) is 5.21. The van der Waals surface area contributed by atoms with Crippen LogP contribution in [-0.4, -0.2) is 26.4 Å². The molecule has 0 spiro atoms. The fourth-order valence-corrected chi connectivity index (χ4v) is 2.57. The van der Waals surface area contributed by atoms with Gasteiger partial charge in [-0.25, -0.2) is 4.98 Å². The van der Waals surface area contributed by atoms with Crippen LogP contribution in [0, 0.1) is 0 Å². The number of pyridine rings is 1. The molecular formula is C13H14ClN5O. The van der Waals surface area contributed by atoms with Gasteiger partial charge in [0.1, 0.15) is 0 Å². The molecular weight excluding hydrogens is 278 g/mol. The molecule has 3 N–H and O–H groups in total.